The molecule has 2 heterocycles. The lowest BCUT2D eigenvalue weighted by Crippen LogP contribution is -2.17. The second-order valence-electron chi connectivity index (χ2n) is 4.68. The van der Waals surface area contributed by atoms with E-state index in [9.17, 15) is 4.79 Å². The van der Waals surface area contributed by atoms with Crippen molar-refractivity contribution in [2.45, 2.75) is 12.8 Å². The standard InChI is InChI=1S/C14H15N5O/c1-9-7-12(20)19-14(16-9)17-13(18-19)11(8-15)10-5-3-2-4-6-10/h2-7,11H,8,15H2,1H3,(H,16,17,18). The van der Waals surface area contributed by atoms with Gasteiger partial charge >= 0.3 is 0 Å². The Hall–Kier alpha value is -2.47. The van der Waals surface area contributed by atoms with Gasteiger partial charge < -0.3 is 5.73 Å². The Labute approximate surface area is 115 Å². The zero-order chi connectivity index (χ0) is 14.1. The fourth-order valence-corrected chi connectivity index (χ4v) is 2.26. The van der Waals surface area contributed by atoms with Crippen molar-refractivity contribution in [1.82, 2.24) is 19.6 Å². The minimum Gasteiger partial charge on any atom is -0.329 e. The summed E-state index contributed by atoms with van der Waals surface area (Å²) in [5, 5.41) is 2.99. The molecule has 0 saturated heterocycles. The Bertz CT molecular complexity index is 790. The SMILES string of the molecule is Cc1cc(=O)n2[nH]c(C(CN)c3ccccc3)nc2n1. The minimum absolute atomic E-state index is 0.0855. The summed E-state index contributed by atoms with van der Waals surface area (Å²) < 4.78 is 1.34. The first-order valence-electron chi connectivity index (χ1n) is 6.40. The van der Waals surface area contributed by atoms with Gasteiger partial charge in [0, 0.05) is 18.3 Å². The van der Waals surface area contributed by atoms with Crippen molar-refractivity contribution in [3.63, 3.8) is 0 Å². The van der Waals surface area contributed by atoms with Crippen LogP contribution in [0, 0.1) is 6.92 Å². The largest absolute Gasteiger partial charge is 0.329 e. The maximum absolute atomic E-state index is 11.9. The number of nitrogens with one attached hydrogen (secondary N) is 1. The summed E-state index contributed by atoms with van der Waals surface area (Å²) in [4.78, 5) is 20.5. The van der Waals surface area contributed by atoms with Crippen LogP contribution in [-0.2, 0) is 0 Å². The summed E-state index contributed by atoms with van der Waals surface area (Å²) in [5.74, 6) is 0.936. The van der Waals surface area contributed by atoms with Crippen LogP contribution in [0.4, 0.5) is 0 Å². The van der Waals surface area contributed by atoms with Crippen molar-refractivity contribution in [3.05, 3.63) is 63.8 Å². The first kappa shape index (κ1) is 12.6. The molecule has 0 amide bonds. The lowest BCUT2D eigenvalue weighted by molar-refractivity contribution is 0.739. The van der Waals surface area contributed by atoms with Crippen molar-refractivity contribution in [3.8, 4) is 0 Å². The molecule has 0 saturated carbocycles. The second kappa shape index (κ2) is 4.90. The van der Waals surface area contributed by atoms with Gasteiger partial charge in [-0.3, -0.25) is 9.89 Å². The van der Waals surface area contributed by atoms with E-state index in [1.54, 1.807) is 6.92 Å². The van der Waals surface area contributed by atoms with E-state index in [1.807, 2.05) is 30.3 Å². The molecule has 6 nitrogen and oxygen atoms in total. The molecule has 0 radical (unpaired) electrons. The van der Waals surface area contributed by atoms with E-state index in [0.717, 1.165) is 5.56 Å². The van der Waals surface area contributed by atoms with E-state index >= 15 is 0 Å². The lowest BCUT2D eigenvalue weighted by Gasteiger charge is -2.11. The highest BCUT2D eigenvalue weighted by Gasteiger charge is 2.17. The van der Waals surface area contributed by atoms with Crippen molar-refractivity contribution >= 4 is 5.78 Å². The Morgan fingerprint density at radius 2 is 2.05 bits per heavy atom. The van der Waals surface area contributed by atoms with Crippen LogP contribution in [-0.4, -0.2) is 26.1 Å². The van der Waals surface area contributed by atoms with Crippen LogP contribution in [0.3, 0.4) is 0 Å². The molecule has 3 N–H and O–H groups in total. The average Bonchev–Trinajstić information content (AvgIpc) is 2.84. The molecule has 0 bridgehead atoms. The number of aromatic nitrogens is 4. The number of benzene rings is 1. The Balaban J connectivity index is 2.14. The zero-order valence-electron chi connectivity index (χ0n) is 11.1. The Morgan fingerprint density at radius 3 is 2.75 bits per heavy atom. The maximum Gasteiger partial charge on any atom is 0.274 e. The summed E-state index contributed by atoms with van der Waals surface area (Å²) in [6.45, 7) is 2.17. The van der Waals surface area contributed by atoms with Crippen molar-refractivity contribution in [2.75, 3.05) is 6.54 Å². The smallest absolute Gasteiger partial charge is 0.274 e. The third kappa shape index (κ3) is 2.10. The van der Waals surface area contributed by atoms with Gasteiger partial charge in [-0.15, -0.1) is 0 Å². The number of hydrogen-bond acceptors (Lipinski definition) is 4. The van der Waals surface area contributed by atoms with E-state index < -0.39 is 0 Å². The van der Waals surface area contributed by atoms with Crippen LogP contribution < -0.4 is 11.3 Å². The number of hydrogen-bond donors (Lipinski definition) is 2. The molecule has 1 atom stereocenters. The molecular weight excluding hydrogens is 254 g/mol. The molecule has 3 aromatic rings. The van der Waals surface area contributed by atoms with Crippen LogP contribution in [0.2, 0.25) is 0 Å². The van der Waals surface area contributed by atoms with Gasteiger partial charge in [-0.2, -0.15) is 9.50 Å². The first-order chi connectivity index (χ1) is 9.69. The Kier molecular flexibility index (Phi) is 3.08. The number of nitrogens with zero attached hydrogens (tertiary/aromatic N) is 3. The van der Waals surface area contributed by atoms with E-state index in [1.165, 1.54) is 10.6 Å². The normalized spacial score (nSPS) is 12.7. The van der Waals surface area contributed by atoms with Gasteiger partial charge in [-0.25, -0.2) is 4.98 Å². The minimum atomic E-state index is -0.171. The van der Waals surface area contributed by atoms with E-state index in [0.29, 0.717) is 23.8 Å². The Morgan fingerprint density at radius 1 is 1.30 bits per heavy atom. The first-order valence-corrected chi connectivity index (χ1v) is 6.40. The van der Waals surface area contributed by atoms with Gasteiger partial charge in [0.15, 0.2) is 0 Å². The highest BCUT2D eigenvalue weighted by molar-refractivity contribution is 5.32. The molecule has 2 aromatic heterocycles. The average molecular weight is 269 g/mol. The van der Waals surface area contributed by atoms with Crippen molar-refractivity contribution in [1.29, 1.82) is 0 Å². The van der Waals surface area contributed by atoms with Gasteiger partial charge in [0.1, 0.15) is 5.82 Å². The molecule has 6 heteroatoms. The molecule has 0 aliphatic heterocycles. The number of aromatic amines is 1. The molecule has 0 spiro atoms. The van der Waals surface area contributed by atoms with Gasteiger partial charge in [-0.1, -0.05) is 30.3 Å². The molecule has 3 rings (SSSR count). The quantitative estimate of drug-likeness (QED) is 0.736. The second-order valence-corrected chi connectivity index (χ2v) is 4.68. The highest BCUT2D eigenvalue weighted by Crippen LogP contribution is 2.20. The molecule has 1 aromatic carbocycles. The number of H-pyrrole nitrogens is 1. The van der Waals surface area contributed by atoms with Crippen LogP contribution in [0.5, 0.6) is 0 Å². The van der Waals surface area contributed by atoms with E-state index in [-0.39, 0.29) is 11.5 Å². The molecule has 0 aliphatic carbocycles. The third-order valence-corrected chi connectivity index (χ3v) is 3.24. The van der Waals surface area contributed by atoms with Gasteiger partial charge in [-0.05, 0) is 12.5 Å². The number of nitrogens with two attached hydrogens (primary N) is 1. The molecule has 1 unspecified atom stereocenters. The van der Waals surface area contributed by atoms with Gasteiger partial charge in [0.05, 0.1) is 5.92 Å². The van der Waals surface area contributed by atoms with E-state index in [2.05, 4.69) is 15.1 Å². The third-order valence-electron chi connectivity index (χ3n) is 3.24. The molecular formula is C14H15N5O. The van der Waals surface area contributed by atoms with Crippen molar-refractivity contribution < 1.29 is 0 Å². The number of aryl methyl sites for hydroxylation is 1. The van der Waals surface area contributed by atoms with Crippen LogP contribution in [0.25, 0.3) is 5.78 Å². The number of rotatable bonds is 3. The van der Waals surface area contributed by atoms with Crippen LogP contribution in [0.1, 0.15) is 23.0 Å². The van der Waals surface area contributed by atoms with Crippen LogP contribution >= 0.6 is 0 Å². The fourth-order valence-electron chi connectivity index (χ4n) is 2.26. The molecule has 20 heavy (non-hydrogen) atoms. The molecule has 0 fully saturated rings. The summed E-state index contributed by atoms with van der Waals surface area (Å²) in [7, 11) is 0. The summed E-state index contributed by atoms with van der Waals surface area (Å²) in [6, 6.07) is 11.3. The van der Waals surface area contributed by atoms with Crippen LogP contribution in [0.15, 0.2) is 41.2 Å². The van der Waals surface area contributed by atoms with Crippen molar-refractivity contribution in [2.24, 2.45) is 5.73 Å². The maximum atomic E-state index is 11.9. The zero-order valence-corrected chi connectivity index (χ0v) is 11.1. The highest BCUT2D eigenvalue weighted by atomic mass is 16.1. The molecule has 102 valence electrons. The predicted molar refractivity (Wildman–Crippen MR) is 75.7 cm³/mol. The lowest BCUT2D eigenvalue weighted by atomic mass is 9.99. The number of fused-ring (bicyclic) bond motifs is 1. The summed E-state index contributed by atoms with van der Waals surface area (Å²) in [5.41, 5.74) is 7.39. The topological polar surface area (TPSA) is 89.1 Å². The van der Waals surface area contributed by atoms with E-state index in [4.69, 9.17) is 5.73 Å². The fraction of sp³-hybridized carbons (Fsp3) is 0.214. The van der Waals surface area contributed by atoms with Gasteiger partial charge in [0.25, 0.3) is 11.3 Å². The van der Waals surface area contributed by atoms with Gasteiger partial charge in [0.2, 0.25) is 0 Å². The summed E-state index contributed by atoms with van der Waals surface area (Å²) >= 11 is 0. The monoisotopic (exact) mass is 269 g/mol. The predicted octanol–water partition coefficient (Wildman–Crippen LogP) is 0.817. The summed E-state index contributed by atoms with van der Waals surface area (Å²) in [6.07, 6.45) is 0. The molecule has 0 aliphatic rings.